The van der Waals surface area contributed by atoms with E-state index >= 15 is 0 Å². The van der Waals surface area contributed by atoms with Gasteiger partial charge in [-0.2, -0.15) is 0 Å². The molecule has 150 valence electrons. The largest absolute Gasteiger partial charge is 0.483 e. The molecule has 2 N–H and O–H groups in total. The van der Waals surface area contributed by atoms with Gasteiger partial charge >= 0.3 is 0 Å². The summed E-state index contributed by atoms with van der Waals surface area (Å²) < 4.78 is 6.48. The van der Waals surface area contributed by atoms with Gasteiger partial charge in [-0.1, -0.05) is 40.2 Å². The molecule has 0 radical (unpaired) electrons. The molecule has 0 atom stereocenters. The predicted octanol–water partition coefficient (Wildman–Crippen LogP) is 3.96. The van der Waals surface area contributed by atoms with Crippen molar-refractivity contribution in [3.63, 3.8) is 0 Å². The molecule has 2 aromatic carbocycles. The summed E-state index contributed by atoms with van der Waals surface area (Å²) in [7, 11) is 0. The van der Waals surface area contributed by atoms with E-state index in [4.69, 9.17) is 4.74 Å². The highest BCUT2D eigenvalue weighted by Crippen LogP contribution is 2.26. The summed E-state index contributed by atoms with van der Waals surface area (Å²) in [5, 5.41) is 2.67. The van der Waals surface area contributed by atoms with E-state index in [-0.39, 0.29) is 18.9 Å². The third-order valence-corrected chi connectivity index (χ3v) is 5.44. The Kier molecular flexibility index (Phi) is 7.00. The number of aryl methyl sites for hydroxylation is 2. The number of hydrogen-bond donors (Lipinski definition) is 2. The van der Waals surface area contributed by atoms with Crippen molar-refractivity contribution in [3.05, 3.63) is 69.1 Å². The number of halogens is 1. The van der Waals surface area contributed by atoms with Crippen molar-refractivity contribution in [2.45, 2.75) is 20.3 Å². The Morgan fingerprint density at radius 2 is 1.90 bits per heavy atom. The normalized spacial score (nSPS) is 10.4. The van der Waals surface area contributed by atoms with E-state index < -0.39 is 5.91 Å². The molecule has 1 aromatic heterocycles. The molecule has 8 heteroatoms. The highest BCUT2D eigenvalue weighted by atomic mass is 79.9. The fraction of sp³-hybridized carbons (Fsp3) is 0.190. The minimum Gasteiger partial charge on any atom is -0.483 e. The number of aromatic nitrogens is 1. The lowest BCUT2D eigenvalue weighted by Gasteiger charge is -2.10. The third kappa shape index (κ3) is 6.13. The van der Waals surface area contributed by atoms with Gasteiger partial charge in [0.25, 0.3) is 5.91 Å². The fourth-order valence-electron chi connectivity index (χ4n) is 2.53. The van der Waals surface area contributed by atoms with Gasteiger partial charge in [-0.05, 0) is 43.2 Å². The minimum absolute atomic E-state index is 0.0721. The second kappa shape index (κ2) is 9.67. The van der Waals surface area contributed by atoms with Crippen LogP contribution >= 0.6 is 27.3 Å². The second-order valence-corrected chi connectivity index (χ2v) is 8.26. The maximum absolute atomic E-state index is 12.1. The van der Waals surface area contributed by atoms with Crippen LogP contribution in [-0.4, -0.2) is 23.4 Å². The number of thiazole rings is 1. The molecule has 0 aliphatic rings. The lowest BCUT2D eigenvalue weighted by molar-refractivity contribution is -0.129. The van der Waals surface area contributed by atoms with Gasteiger partial charge in [0.05, 0.1) is 12.1 Å². The Morgan fingerprint density at radius 3 is 2.69 bits per heavy atom. The molecular weight excluding hydrogens is 454 g/mol. The molecule has 0 saturated heterocycles. The molecule has 6 nitrogen and oxygen atoms in total. The Bertz CT molecular complexity index is 1040. The first-order chi connectivity index (χ1) is 13.9. The zero-order chi connectivity index (χ0) is 20.8. The van der Waals surface area contributed by atoms with E-state index in [9.17, 15) is 9.59 Å². The summed E-state index contributed by atoms with van der Waals surface area (Å²) in [6.07, 6.45) is 0.0721. The highest BCUT2D eigenvalue weighted by molar-refractivity contribution is 9.10. The SMILES string of the molecule is Cc1ccc(C)c(OCC(=O)NNC(=O)Cc2csc(-c3cccc(Br)c3)n2)c1. The van der Waals surface area contributed by atoms with Gasteiger partial charge in [0, 0.05) is 15.4 Å². The lowest BCUT2D eigenvalue weighted by atomic mass is 10.1. The zero-order valence-electron chi connectivity index (χ0n) is 16.0. The van der Waals surface area contributed by atoms with Crippen molar-refractivity contribution in [3.8, 4) is 16.3 Å². The highest BCUT2D eigenvalue weighted by Gasteiger charge is 2.11. The van der Waals surface area contributed by atoms with E-state index in [0.29, 0.717) is 11.4 Å². The number of amides is 2. The summed E-state index contributed by atoms with van der Waals surface area (Å²) in [6, 6.07) is 13.6. The number of nitrogens with zero attached hydrogens (tertiary/aromatic N) is 1. The molecule has 0 bridgehead atoms. The van der Waals surface area contributed by atoms with Crippen LogP contribution in [0.4, 0.5) is 0 Å². The van der Waals surface area contributed by atoms with Gasteiger partial charge in [0.1, 0.15) is 10.8 Å². The first-order valence-electron chi connectivity index (χ1n) is 8.89. The number of ether oxygens (including phenoxy) is 1. The van der Waals surface area contributed by atoms with Gasteiger partial charge in [0.2, 0.25) is 5.91 Å². The number of rotatable bonds is 6. The number of hydrogen-bond acceptors (Lipinski definition) is 5. The van der Waals surface area contributed by atoms with Crippen LogP contribution in [0.25, 0.3) is 10.6 Å². The summed E-state index contributed by atoms with van der Waals surface area (Å²) >= 11 is 4.90. The molecule has 0 aliphatic heterocycles. The molecular formula is C21H20BrN3O3S. The first kappa shape index (κ1) is 21.0. The van der Waals surface area contributed by atoms with Crippen LogP contribution in [0.5, 0.6) is 5.75 Å². The van der Waals surface area contributed by atoms with Crippen LogP contribution in [0.2, 0.25) is 0 Å². The second-order valence-electron chi connectivity index (χ2n) is 6.49. The summed E-state index contributed by atoms with van der Waals surface area (Å²) in [5.41, 5.74) is 8.36. The summed E-state index contributed by atoms with van der Waals surface area (Å²) in [6.45, 7) is 3.67. The molecule has 2 amide bonds. The summed E-state index contributed by atoms with van der Waals surface area (Å²) in [5.74, 6) is -0.141. The van der Waals surface area contributed by atoms with Crippen molar-refractivity contribution in [2.24, 2.45) is 0 Å². The van der Waals surface area contributed by atoms with Crippen LogP contribution in [0.3, 0.4) is 0 Å². The maximum atomic E-state index is 12.1. The topological polar surface area (TPSA) is 80.3 Å². The van der Waals surface area contributed by atoms with Crippen LogP contribution in [0.1, 0.15) is 16.8 Å². The lowest BCUT2D eigenvalue weighted by Crippen LogP contribution is -2.44. The third-order valence-electron chi connectivity index (χ3n) is 4.01. The van der Waals surface area contributed by atoms with E-state index in [1.165, 1.54) is 11.3 Å². The van der Waals surface area contributed by atoms with E-state index in [1.807, 2.05) is 61.7 Å². The van der Waals surface area contributed by atoms with Gasteiger partial charge in [0.15, 0.2) is 6.61 Å². The van der Waals surface area contributed by atoms with Crippen LogP contribution < -0.4 is 15.6 Å². The predicted molar refractivity (Wildman–Crippen MR) is 117 cm³/mol. The van der Waals surface area contributed by atoms with Gasteiger partial charge in [-0.3, -0.25) is 20.4 Å². The molecule has 0 aliphatic carbocycles. The smallest absolute Gasteiger partial charge is 0.276 e. The average Bonchev–Trinajstić information content (AvgIpc) is 3.15. The average molecular weight is 474 g/mol. The van der Waals surface area contributed by atoms with Crippen LogP contribution in [0, 0.1) is 13.8 Å². The quantitative estimate of drug-likeness (QED) is 0.531. The molecule has 0 unspecified atom stereocenters. The van der Waals surface area contributed by atoms with E-state index in [1.54, 1.807) is 0 Å². The van der Waals surface area contributed by atoms with Crippen molar-refractivity contribution >= 4 is 39.1 Å². The molecule has 0 fully saturated rings. The Labute approximate surface area is 181 Å². The van der Waals surface area contributed by atoms with E-state index in [0.717, 1.165) is 26.2 Å². The van der Waals surface area contributed by atoms with Crippen molar-refractivity contribution in [1.29, 1.82) is 0 Å². The van der Waals surface area contributed by atoms with Crippen molar-refractivity contribution < 1.29 is 14.3 Å². The standard InChI is InChI=1S/C21H20BrN3O3S/c1-13-6-7-14(2)18(8-13)28-11-20(27)25-24-19(26)10-17-12-29-21(23-17)15-4-3-5-16(22)9-15/h3-9,12H,10-11H2,1-2H3,(H,24,26)(H,25,27). The van der Waals surface area contributed by atoms with Gasteiger partial charge < -0.3 is 4.74 Å². The molecule has 1 heterocycles. The van der Waals surface area contributed by atoms with Gasteiger partial charge in [-0.25, -0.2) is 4.98 Å². The van der Waals surface area contributed by atoms with Gasteiger partial charge in [-0.15, -0.1) is 11.3 Å². The molecule has 3 aromatic rings. The number of carbonyl (C=O) groups excluding carboxylic acids is 2. The monoisotopic (exact) mass is 473 g/mol. The first-order valence-corrected chi connectivity index (χ1v) is 10.6. The van der Waals surface area contributed by atoms with Crippen LogP contribution in [0.15, 0.2) is 52.3 Å². The summed E-state index contributed by atoms with van der Waals surface area (Å²) in [4.78, 5) is 28.5. The van der Waals surface area contributed by atoms with Crippen LogP contribution in [-0.2, 0) is 16.0 Å². The zero-order valence-corrected chi connectivity index (χ0v) is 18.4. The van der Waals surface area contributed by atoms with Crippen molar-refractivity contribution in [2.75, 3.05) is 6.61 Å². The Balaban J connectivity index is 1.46. The fourth-order valence-corrected chi connectivity index (χ4v) is 3.75. The van der Waals surface area contributed by atoms with Crippen molar-refractivity contribution in [1.82, 2.24) is 15.8 Å². The molecule has 0 spiro atoms. The Morgan fingerprint density at radius 1 is 1.10 bits per heavy atom. The molecule has 0 saturated carbocycles. The molecule has 3 rings (SSSR count). The number of nitrogens with one attached hydrogen (secondary N) is 2. The maximum Gasteiger partial charge on any atom is 0.276 e. The molecule has 29 heavy (non-hydrogen) atoms. The number of benzene rings is 2. The minimum atomic E-state index is -0.438. The Hall–Kier alpha value is -2.71. The number of carbonyl (C=O) groups is 2. The number of hydrazine groups is 1. The van der Waals surface area contributed by atoms with E-state index in [2.05, 4.69) is 31.8 Å².